The minimum Gasteiger partial charge on any atom is -0.366 e. The van der Waals surface area contributed by atoms with Crippen LogP contribution in [-0.4, -0.2) is 21.6 Å². The van der Waals surface area contributed by atoms with E-state index in [0.717, 1.165) is 16.7 Å². The van der Waals surface area contributed by atoms with Crippen molar-refractivity contribution >= 4 is 17.5 Å². The van der Waals surface area contributed by atoms with Crippen LogP contribution in [0.3, 0.4) is 0 Å². The zero-order valence-corrected chi connectivity index (χ0v) is 17.1. The Morgan fingerprint density at radius 3 is 2.42 bits per heavy atom. The highest BCUT2D eigenvalue weighted by atomic mass is 16.2. The molecule has 0 spiro atoms. The van der Waals surface area contributed by atoms with Crippen LogP contribution in [-0.2, 0) is 6.54 Å². The monoisotopic (exact) mass is 410 g/mol. The summed E-state index contributed by atoms with van der Waals surface area (Å²) in [7, 11) is 0. The molecule has 0 saturated heterocycles. The number of primary amides is 1. The van der Waals surface area contributed by atoms with Crippen molar-refractivity contribution in [1.29, 1.82) is 0 Å². The van der Waals surface area contributed by atoms with Gasteiger partial charge in [-0.15, -0.1) is 0 Å². The average Bonchev–Trinajstić information content (AvgIpc) is 3.27. The largest absolute Gasteiger partial charge is 0.366 e. The molecule has 2 amide bonds. The average molecular weight is 410 g/mol. The van der Waals surface area contributed by atoms with E-state index in [0.29, 0.717) is 28.9 Å². The van der Waals surface area contributed by atoms with Crippen molar-refractivity contribution < 1.29 is 9.59 Å². The van der Waals surface area contributed by atoms with Gasteiger partial charge in [-0.25, -0.2) is 0 Å². The van der Waals surface area contributed by atoms with Crippen LogP contribution in [0.15, 0.2) is 85.2 Å². The van der Waals surface area contributed by atoms with Crippen molar-refractivity contribution in [3.05, 3.63) is 107 Å². The number of amides is 2. The molecule has 31 heavy (non-hydrogen) atoms. The van der Waals surface area contributed by atoms with Crippen LogP contribution in [0.5, 0.6) is 0 Å². The molecule has 0 atom stereocenters. The molecule has 3 aromatic carbocycles. The van der Waals surface area contributed by atoms with Gasteiger partial charge >= 0.3 is 0 Å². The number of aryl methyl sites for hydroxylation is 1. The van der Waals surface area contributed by atoms with Crippen LogP contribution in [0.1, 0.15) is 31.8 Å². The second kappa shape index (κ2) is 8.67. The molecule has 0 saturated carbocycles. The molecule has 3 N–H and O–H groups in total. The van der Waals surface area contributed by atoms with E-state index in [-0.39, 0.29) is 5.91 Å². The van der Waals surface area contributed by atoms with E-state index in [1.54, 1.807) is 37.4 Å². The van der Waals surface area contributed by atoms with Gasteiger partial charge in [0.2, 0.25) is 5.91 Å². The Morgan fingerprint density at radius 2 is 1.74 bits per heavy atom. The highest BCUT2D eigenvalue weighted by molar-refractivity contribution is 6.09. The molecule has 154 valence electrons. The van der Waals surface area contributed by atoms with Crippen molar-refractivity contribution in [2.24, 2.45) is 5.73 Å². The summed E-state index contributed by atoms with van der Waals surface area (Å²) in [6.45, 7) is 2.48. The Bertz CT molecular complexity index is 1230. The molecule has 4 rings (SSSR count). The zero-order chi connectivity index (χ0) is 21.8. The van der Waals surface area contributed by atoms with Gasteiger partial charge in [0.15, 0.2) is 0 Å². The third-order valence-corrected chi connectivity index (χ3v) is 5.09. The molecule has 6 heteroatoms. The number of anilines is 1. The molecular weight excluding hydrogens is 388 g/mol. The molecule has 0 fully saturated rings. The third kappa shape index (κ3) is 4.53. The normalized spacial score (nSPS) is 10.6. The van der Waals surface area contributed by atoms with Gasteiger partial charge in [-0.3, -0.25) is 14.3 Å². The summed E-state index contributed by atoms with van der Waals surface area (Å²) < 4.78 is 1.86. The molecule has 0 unspecified atom stereocenters. The van der Waals surface area contributed by atoms with Crippen LogP contribution in [0, 0.1) is 6.92 Å². The van der Waals surface area contributed by atoms with Gasteiger partial charge in [0, 0.05) is 29.2 Å². The van der Waals surface area contributed by atoms with Crippen LogP contribution in [0.25, 0.3) is 11.1 Å². The zero-order valence-electron chi connectivity index (χ0n) is 17.1. The van der Waals surface area contributed by atoms with E-state index in [4.69, 9.17) is 5.73 Å². The van der Waals surface area contributed by atoms with E-state index >= 15 is 0 Å². The van der Waals surface area contributed by atoms with Crippen molar-refractivity contribution in [3.63, 3.8) is 0 Å². The number of benzene rings is 3. The lowest BCUT2D eigenvalue weighted by atomic mass is 9.98. The second-order valence-corrected chi connectivity index (χ2v) is 7.29. The van der Waals surface area contributed by atoms with Gasteiger partial charge in [-0.1, -0.05) is 42.5 Å². The van der Waals surface area contributed by atoms with Crippen LogP contribution in [0.2, 0.25) is 0 Å². The maximum atomic E-state index is 13.0. The maximum absolute atomic E-state index is 13.0. The van der Waals surface area contributed by atoms with E-state index in [2.05, 4.69) is 10.4 Å². The molecule has 0 bridgehead atoms. The highest BCUT2D eigenvalue weighted by Crippen LogP contribution is 2.25. The number of carbonyl (C=O) groups excluding carboxylic acids is 2. The number of nitrogens with zero attached hydrogens (tertiary/aromatic N) is 2. The highest BCUT2D eigenvalue weighted by Gasteiger charge is 2.14. The standard InChI is InChI=1S/C25H22N4O2/c1-17-15-20(11-12-21(17)24(26)30)28-25(31)23-6-3-2-5-22(23)19-9-7-18(8-10-19)16-29-14-4-13-27-29/h2-15H,16H2,1H3,(H2,26,30)(H,28,31). The Hall–Kier alpha value is -4.19. The summed E-state index contributed by atoms with van der Waals surface area (Å²) in [5.74, 6) is -0.709. The van der Waals surface area contributed by atoms with E-state index in [9.17, 15) is 9.59 Å². The minimum atomic E-state index is -0.489. The lowest BCUT2D eigenvalue weighted by Gasteiger charge is -2.12. The summed E-state index contributed by atoms with van der Waals surface area (Å²) in [6, 6.07) is 22.5. The van der Waals surface area contributed by atoms with Gasteiger partial charge in [-0.05, 0) is 59.5 Å². The van der Waals surface area contributed by atoms with E-state index in [1.807, 2.05) is 59.4 Å². The summed E-state index contributed by atoms with van der Waals surface area (Å²) in [4.78, 5) is 24.4. The summed E-state index contributed by atoms with van der Waals surface area (Å²) in [5.41, 5.74) is 10.6. The molecule has 0 radical (unpaired) electrons. The number of nitrogens with two attached hydrogens (primary N) is 1. The fraction of sp³-hybridized carbons (Fsp3) is 0.0800. The van der Waals surface area contributed by atoms with Gasteiger partial charge in [0.05, 0.1) is 6.54 Å². The first-order valence-corrected chi connectivity index (χ1v) is 9.89. The number of rotatable bonds is 6. The minimum absolute atomic E-state index is 0.220. The Balaban J connectivity index is 1.56. The maximum Gasteiger partial charge on any atom is 0.256 e. The molecular formula is C25H22N4O2. The van der Waals surface area contributed by atoms with E-state index in [1.165, 1.54) is 0 Å². The lowest BCUT2D eigenvalue weighted by Crippen LogP contribution is -2.15. The fourth-order valence-corrected chi connectivity index (χ4v) is 3.52. The van der Waals surface area contributed by atoms with Crippen molar-refractivity contribution in [3.8, 4) is 11.1 Å². The first-order chi connectivity index (χ1) is 15.0. The lowest BCUT2D eigenvalue weighted by molar-refractivity contribution is 0.0997. The topological polar surface area (TPSA) is 90.0 Å². The van der Waals surface area contributed by atoms with Crippen LogP contribution >= 0.6 is 0 Å². The predicted octanol–water partition coefficient (Wildman–Crippen LogP) is 4.26. The smallest absolute Gasteiger partial charge is 0.256 e. The number of carbonyl (C=O) groups is 2. The first-order valence-electron chi connectivity index (χ1n) is 9.89. The molecule has 0 aliphatic heterocycles. The summed E-state index contributed by atoms with van der Waals surface area (Å²) in [5, 5.41) is 7.14. The van der Waals surface area contributed by atoms with Gasteiger partial charge in [-0.2, -0.15) is 5.10 Å². The number of aromatic nitrogens is 2. The summed E-state index contributed by atoms with van der Waals surface area (Å²) >= 11 is 0. The van der Waals surface area contributed by atoms with E-state index < -0.39 is 5.91 Å². The Labute approximate surface area is 180 Å². The molecule has 0 aliphatic rings. The van der Waals surface area contributed by atoms with Gasteiger partial charge in [0.25, 0.3) is 5.91 Å². The molecule has 0 aliphatic carbocycles. The van der Waals surface area contributed by atoms with Crippen LogP contribution < -0.4 is 11.1 Å². The van der Waals surface area contributed by atoms with Crippen molar-refractivity contribution in [2.45, 2.75) is 13.5 Å². The van der Waals surface area contributed by atoms with Gasteiger partial charge in [0.1, 0.15) is 0 Å². The Kier molecular flexibility index (Phi) is 5.62. The first kappa shape index (κ1) is 20.1. The third-order valence-electron chi connectivity index (χ3n) is 5.09. The molecule has 4 aromatic rings. The van der Waals surface area contributed by atoms with Crippen molar-refractivity contribution in [2.75, 3.05) is 5.32 Å². The molecule has 1 heterocycles. The fourth-order valence-electron chi connectivity index (χ4n) is 3.52. The number of hydrogen-bond acceptors (Lipinski definition) is 3. The SMILES string of the molecule is Cc1cc(NC(=O)c2ccccc2-c2ccc(Cn3cccn3)cc2)ccc1C(N)=O. The van der Waals surface area contributed by atoms with Crippen molar-refractivity contribution in [1.82, 2.24) is 9.78 Å². The Morgan fingerprint density at radius 1 is 0.968 bits per heavy atom. The molecule has 1 aromatic heterocycles. The van der Waals surface area contributed by atoms with Crippen LogP contribution in [0.4, 0.5) is 5.69 Å². The molecule has 6 nitrogen and oxygen atoms in total. The predicted molar refractivity (Wildman–Crippen MR) is 121 cm³/mol. The number of nitrogens with one attached hydrogen (secondary N) is 1. The van der Waals surface area contributed by atoms with Gasteiger partial charge < -0.3 is 11.1 Å². The second-order valence-electron chi connectivity index (χ2n) is 7.29. The number of hydrogen-bond donors (Lipinski definition) is 2. The summed E-state index contributed by atoms with van der Waals surface area (Å²) in [6.07, 6.45) is 3.68. The quantitative estimate of drug-likeness (QED) is 0.498.